The first kappa shape index (κ1) is 14.5. The minimum Gasteiger partial charge on any atom is -0.346 e. The zero-order valence-corrected chi connectivity index (χ0v) is 12.6. The number of aryl methyl sites for hydroxylation is 2. The van der Waals surface area contributed by atoms with Gasteiger partial charge >= 0.3 is 0 Å². The van der Waals surface area contributed by atoms with Crippen LogP contribution in [0.1, 0.15) is 37.1 Å². The summed E-state index contributed by atoms with van der Waals surface area (Å²) in [6, 6.07) is 0.882. The number of hydrogen-bond acceptors (Lipinski definition) is 4. The summed E-state index contributed by atoms with van der Waals surface area (Å²) in [6.07, 6.45) is 0. The van der Waals surface area contributed by atoms with Crippen molar-refractivity contribution in [3.05, 3.63) is 17.2 Å². The van der Waals surface area contributed by atoms with Gasteiger partial charge in [-0.25, -0.2) is 4.98 Å². The van der Waals surface area contributed by atoms with E-state index in [4.69, 9.17) is 5.73 Å². The van der Waals surface area contributed by atoms with Crippen LogP contribution in [0.5, 0.6) is 0 Å². The van der Waals surface area contributed by atoms with Gasteiger partial charge in [-0.15, -0.1) is 0 Å². The molecule has 2 heterocycles. The number of imidazole rings is 1. The minimum absolute atomic E-state index is 0.249. The fourth-order valence-electron chi connectivity index (χ4n) is 2.95. The number of hydrogen-bond donors (Lipinski definition) is 2. The van der Waals surface area contributed by atoms with E-state index >= 15 is 0 Å². The monoisotopic (exact) mass is 265 g/mol. The minimum atomic E-state index is 0.249. The van der Waals surface area contributed by atoms with Crippen LogP contribution >= 0.6 is 0 Å². The SMILES string of the molecule is Cc1nc(C(CN)N2CCN(C(C)C)CC2)c(C)[nH]1. The van der Waals surface area contributed by atoms with Gasteiger partial charge in [-0.05, 0) is 27.7 Å². The van der Waals surface area contributed by atoms with Crippen molar-refractivity contribution in [2.75, 3.05) is 32.7 Å². The van der Waals surface area contributed by atoms with Crippen LogP contribution in [0, 0.1) is 13.8 Å². The van der Waals surface area contributed by atoms with Crippen molar-refractivity contribution in [2.45, 2.75) is 39.8 Å². The maximum absolute atomic E-state index is 6.00. The van der Waals surface area contributed by atoms with Gasteiger partial charge in [0.2, 0.25) is 0 Å². The second kappa shape index (κ2) is 6.03. The predicted octanol–water partition coefficient (Wildman–Crippen LogP) is 1.05. The van der Waals surface area contributed by atoms with E-state index in [-0.39, 0.29) is 6.04 Å². The molecule has 5 heteroatoms. The topological polar surface area (TPSA) is 61.2 Å². The molecule has 0 aromatic carbocycles. The Balaban J connectivity index is 2.06. The van der Waals surface area contributed by atoms with Gasteiger partial charge < -0.3 is 10.7 Å². The number of nitrogens with zero attached hydrogens (tertiary/aromatic N) is 3. The Kier molecular flexibility index (Phi) is 4.60. The average molecular weight is 265 g/mol. The van der Waals surface area contributed by atoms with Gasteiger partial charge in [0.05, 0.1) is 11.7 Å². The summed E-state index contributed by atoms with van der Waals surface area (Å²) in [5.41, 5.74) is 8.27. The zero-order valence-electron chi connectivity index (χ0n) is 12.6. The normalized spacial score (nSPS) is 20.1. The lowest BCUT2D eigenvalue weighted by molar-refractivity contribution is 0.0788. The highest BCUT2D eigenvalue weighted by atomic mass is 15.3. The quantitative estimate of drug-likeness (QED) is 0.854. The Hall–Kier alpha value is -0.910. The van der Waals surface area contributed by atoms with Crippen LogP contribution in [0.15, 0.2) is 0 Å². The predicted molar refractivity (Wildman–Crippen MR) is 78.1 cm³/mol. The highest BCUT2D eigenvalue weighted by Gasteiger charge is 2.27. The molecule has 1 aromatic rings. The van der Waals surface area contributed by atoms with Crippen LogP contribution in [-0.4, -0.2) is 58.5 Å². The summed E-state index contributed by atoms with van der Waals surface area (Å²) in [7, 11) is 0. The van der Waals surface area contributed by atoms with Gasteiger partial charge in [-0.2, -0.15) is 0 Å². The second-order valence-electron chi connectivity index (χ2n) is 5.75. The summed E-state index contributed by atoms with van der Waals surface area (Å²) in [5, 5.41) is 0. The van der Waals surface area contributed by atoms with Gasteiger partial charge in [0.15, 0.2) is 0 Å². The van der Waals surface area contributed by atoms with Crippen molar-refractivity contribution in [1.82, 2.24) is 19.8 Å². The summed E-state index contributed by atoms with van der Waals surface area (Å²) in [4.78, 5) is 12.9. The molecule has 0 saturated carbocycles. The largest absolute Gasteiger partial charge is 0.346 e. The first-order chi connectivity index (χ1) is 9.02. The van der Waals surface area contributed by atoms with Gasteiger partial charge in [0, 0.05) is 44.5 Å². The number of aromatic amines is 1. The van der Waals surface area contributed by atoms with E-state index in [0.29, 0.717) is 12.6 Å². The zero-order chi connectivity index (χ0) is 14.0. The first-order valence-electron chi connectivity index (χ1n) is 7.24. The third-order valence-electron chi connectivity index (χ3n) is 4.10. The van der Waals surface area contributed by atoms with Gasteiger partial charge in [-0.1, -0.05) is 0 Å². The molecule has 1 aliphatic heterocycles. The highest BCUT2D eigenvalue weighted by molar-refractivity contribution is 5.17. The van der Waals surface area contributed by atoms with Crippen molar-refractivity contribution in [3.63, 3.8) is 0 Å². The molecule has 5 nitrogen and oxygen atoms in total. The van der Waals surface area contributed by atoms with E-state index in [0.717, 1.165) is 43.4 Å². The third-order valence-corrected chi connectivity index (χ3v) is 4.10. The van der Waals surface area contributed by atoms with Crippen LogP contribution in [0.25, 0.3) is 0 Å². The van der Waals surface area contributed by atoms with E-state index in [2.05, 4.69) is 40.5 Å². The Morgan fingerprint density at radius 1 is 1.16 bits per heavy atom. The van der Waals surface area contributed by atoms with Gasteiger partial charge in [0.25, 0.3) is 0 Å². The highest BCUT2D eigenvalue weighted by Crippen LogP contribution is 2.23. The van der Waals surface area contributed by atoms with Crippen LogP contribution < -0.4 is 5.73 Å². The summed E-state index contributed by atoms with van der Waals surface area (Å²) < 4.78 is 0. The average Bonchev–Trinajstić information content (AvgIpc) is 2.70. The summed E-state index contributed by atoms with van der Waals surface area (Å²) >= 11 is 0. The first-order valence-corrected chi connectivity index (χ1v) is 7.24. The lowest BCUT2D eigenvalue weighted by Gasteiger charge is -2.40. The van der Waals surface area contributed by atoms with E-state index in [1.807, 2.05) is 6.92 Å². The van der Waals surface area contributed by atoms with E-state index < -0.39 is 0 Å². The summed E-state index contributed by atoms with van der Waals surface area (Å²) in [5.74, 6) is 0.978. The van der Waals surface area contributed by atoms with Gasteiger partial charge in [0.1, 0.15) is 5.82 Å². The lowest BCUT2D eigenvalue weighted by atomic mass is 10.1. The van der Waals surface area contributed by atoms with E-state index in [9.17, 15) is 0 Å². The van der Waals surface area contributed by atoms with Crippen LogP contribution in [-0.2, 0) is 0 Å². The molecule has 1 aromatic heterocycles. The van der Waals surface area contributed by atoms with Crippen molar-refractivity contribution in [2.24, 2.45) is 5.73 Å². The molecule has 1 saturated heterocycles. The van der Waals surface area contributed by atoms with Crippen molar-refractivity contribution in [3.8, 4) is 0 Å². The molecular formula is C14H27N5. The Morgan fingerprint density at radius 2 is 1.74 bits per heavy atom. The molecule has 1 atom stereocenters. The molecule has 19 heavy (non-hydrogen) atoms. The molecule has 0 bridgehead atoms. The van der Waals surface area contributed by atoms with E-state index in [1.54, 1.807) is 0 Å². The molecule has 0 aliphatic carbocycles. The summed E-state index contributed by atoms with van der Waals surface area (Å²) in [6.45, 7) is 13.6. The fourth-order valence-corrected chi connectivity index (χ4v) is 2.95. The maximum Gasteiger partial charge on any atom is 0.103 e. The molecule has 1 fully saturated rings. The Morgan fingerprint density at radius 3 is 2.16 bits per heavy atom. The van der Waals surface area contributed by atoms with Crippen LogP contribution in [0.2, 0.25) is 0 Å². The lowest BCUT2D eigenvalue weighted by Crippen LogP contribution is -2.51. The maximum atomic E-state index is 6.00. The number of aromatic nitrogens is 2. The Labute approximate surface area is 116 Å². The van der Waals surface area contributed by atoms with Crippen LogP contribution in [0.4, 0.5) is 0 Å². The second-order valence-corrected chi connectivity index (χ2v) is 5.75. The number of H-pyrrole nitrogens is 1. The molecule has 0 spiro atoms. The number of piperazine rings is 1. The molecule has 108 valence electrons. The third kappa shape index (κ3) is 3.16. The van der Waals surface area contributed by atoms with Gasteiger partial charge in [-0.3, -0.25) is 9.80 Å². The molecule has 2 rings (SSSR count). The molecule has 1 unspecified atom stereocenters. The molecular weight excluding hydrogens is 238 g/mol. The van der Waals surface area contributed by atoms with Crippen molar-refractivity contribution < 1.29 is 0 Å². The van der Waals surface area contributed by atoms with E-state index in [1.165, 1.54) is 0 Å². The Bertz CT molecular complexity index is 404. The standard InChI is InChI=1S/C14H27N5/c1-10(2)18-5-7-19(8-6-18)13(9-15)14-11(3)16-12(4)17-14/h10,13H,5-9,15H2,1-4H3,(H,16,17). The number of nitrogens with two attached hydrogens (primary N) is 1. The van der Waals surface area contributed by atoms with Crippen molar-refractivity contribution >= 4 is 0 Å². The van der Waals surface area contributed by atoms with Crippen LogP contribution in [0.3, 0.4) is 0 Å². The fraction of sp³-hybridized carbons (Fsp3) is 0.786. The molecule has 1 aliphatic rings. The molecule has 3 N–H and O–H groups in total. The number of rotatable bonds is 4. The number of nitrogens with one attached hydrogen (secondary N) is 1. The van der Waals surface area contributed by atoms with Crippen molar-refractivity contribution in [1.29, 1.82) is 0 Å². The molecule has 0 radical (unpaired) electrons. The smallest absolute Gasteiger partial charge is 0.103 e. The molecule has 0 amide bonds.